The number of aliphatic hydroxyl groups excluding tert-OH is 1. The van der Waals surface area contributed by atoms with Crippen LogP contribution in [0.25, 0.3) is 10.9 Å². The number of β-amino-alcohol motifs (C(OH)–C–C–N with tert-alkyl or cyclic N) is 1. The molecule has 0 aliphatic carbocycles. The first-order valence-electron chi connectivity index (χ1n) is 8.28. The molecule has 0 amide bonds. The Morgan fingerprint density at radius 3 is 2.73 bits per heavy atom. The van der Waals surface area contributed by atoms with Gasteiger partial charge < -0.3 is 10.1 Å². The molecule has 0 radical (unpaired) electrons. The summed E-state index contributed by atoms with van der Waals surface area (Å²) in [5.74, 6) is -0.974. The second-order valence-corrected chi connectivity index (χ2v) is 9.16. The van der Waals surface area contributed by atoms with Crippen molar-refractivity contribution in [3.8, 4) is 0 Å². The van der Waals surface area contributed by atoms with Gasteiger partial charge in [0, 0.05) is 62.3 Å². The number of H-pyrrole nitrogens is 1. The molecular formula is C17H22FN3O4S. The van der Waals surface area contributed by atoms with E-state index in [1.54, 1.807) is 0 Å². The van der Waals surface area contributed by atoms with Crippen LogP contribution in [0.1, 0.15) is 5.69 Å². The minimum Gasteiger partial charge on any atom is -0.391 e. The van der Waals surface area contributed by atoms with Crippen LogP contribution in [0.2, 0.25) is 0 Å². The van der Waals surface area contributed by atoms with Crippen LogP contribution in [0, 0.1) is 11.7 Å². The number of rotatable bonds is 5. The fraction of sp³-hybridized carbons (Fsp3) is 0.471. The van der Waals surface area contributed by atoms with Crippen molar-refractivity contribution in [3.05, 3.63) is 46.0 Å². The molecule has 1 aliphatic heterocycles. The number of nitrogens with one attached hydrogen (secondary N) is 1. The number of aromatic amines is 1. The number of hydrogen-bond acceptors (Lipinski definition) is 5. The molecule has 1 fully saturated rings. The Bertz CT molecular complexity index is 974. The van der Waals surface area contributed by atoms with Crippen LogP contribution in [0.3, 0.4) is 0 Å². The first kappa shape index (κ1) is 19.0. The van der Waals surface area contributed by atoms with E-state index in [2.05, 4.69) is 4.98 Å². The molecule has 7 nitrogen and oxygen atoms in total. The maximum absolute atomic E-state index is 13.3. The highest BCUT2D eigenvalue weighted by atomic mass is 32.2. The molecule has 2 heterocycles. The average molecular weight is 383 g/mol. The van der Waals surface area contributed by atoms with Crippen molar-refractivity contribution in [1.29, 1.82) is 0 Å². The predicted octanol–water partition coefficient (Wildman–Crippen LogP) is 0.351. The standard InChI is InChI=1S/C17H22FN3O4S/c1-20(2)26(24,25)10-11-7-21(9-17(11)23)8-13-6-16(22)14-5-12(18)3-4-15(14)19-13/h3-6,11,17,23H,7-10H2,1-2H3,(H,19,22)/t11-,17+/m0/s1. The number of likely N-dealkylation sites (tertiary alicyclic amines) is 1. The maximum Gasteiger partial charge on any atom is 0.214 e. The fourth-order valence-electron chi connectivity index (χ4n) is 3.25. The van der Waals surface area contributed by atoms with E-state index < -0.39 is 21.9 Å². The smallest absolute Gasteiger partial charge is 0.214 e. The van der Waals surface area contributed by atoms with Crippen LogP contribution in [0.15, 0.2) is 29.1 Å². The van der Waals surface area contributed by atoms with Crippen LogP contribution >= 0.6 is 0 Å². The number of pyridine rings is 1. The third kappa shape index (κ3) is 3.96. The molecule has 142 valence electrons. The van der Waals surface area contributed by atoms with Gasteiger partial charge in [0.15, 0.2) is 5.43 Å². The van der Waals surface area contributed by atoms with Gasteiger partial charge >= 0.3 is 0 Å². The minimum atomic E-state index is -3.40. The number of aromatic nitrogens is 1. The van der Waals surface area contributed by atoms with E-state index in [1.807, 2.05) is 4.90 Å². The predicted molar refractivity (Wildman–Crippen MR) is 96.8 cm³/mol. The van der Waals surface area contributed by atoms with Gasteiger partial charge in [-0.15, -0.1) is 0 Å². The summed E-state index contributed by atoms with van der Waals surface area (Å²) in [5, 5.41) is 10.5. The number of aliphatic hydroxyl groups is 1. The second-order valence-electron chi connectivity index (χ2n) is 6.93. The summed E-state index contributed by atoms with van der Waals surface area (Å²) in [7, 11) is -0.458. The molecule has 1 saturated heterocycles. The molecule has 2 N–H and O–H groups in total. The highest BCUT2D eigenvalue weighted by Gasteiger charge is 2.35. The molecule has 2 atom stereocenters. The summed E-state index contributed by atoms with van der Waals surface area (Å²) in [6, 6.07) is 5.41. The lowest BCUT2D eigenvalue weighted by atomic mass is 10.1. The Morgan fingerprint density at radius 1 is 1.31 bits per heavy atom. The van der Waals surface area contributed by atoms with E-state index in [9.17, 15) is 22.7 Å². The number of halogens is 1. The summed E-state index contributed by atoms with van der Waals surface area (Å²) in [6.45, 7) is 1.12. The molecule has 1 aromatic heterocycles. The number of fused-ring (bicyclic) bond motifs is 1. The Hall–Kier alpha value is -1.81. The number of nitrogens with zero attached hydrogens (tertiary/aromatic N) is 2. The van der Waals surface area contributed by atoms with Crippen LogP contribution in [-0.4, -0.2) is 66.8 Å². The summed E-state index contributed by atoms with van der Waals surface area (Å²) < 4.78 is 38.5. The van der Waals surface area contributed by atoms with Crippen molar-refractivity contribution < 1.29 is 17.9 Å². The molecule has 3 rings (SSSR count). The maximum atomic E-state index is 13.3. The van der Waals surface area contributed by atoms with Crippen LogP contribution in [-0.2, 0) is 16.6 Å². The molecular weight excluding hydrogens is 361 g/mol. The van der Waals surface area contributed by atoms with Gasteiger partial charge in [-0.05, 0) is 18.2 Å². The summed E-state index contributed by atoms with van der Waals surface area (Å²) >= 11 is 0. The minimum absolute atomic E-state index is 0.120. The number of sulfonamides is 1. The third-order valence-electron chi connectivity index (χ3n) is 4.70. The third-order valence-corrected chi connectivity index (χ3v) is 6.67. The SMILES string of the molecule is CN(C)S(=O)(=O)C[C@@H]1CN(Cc2cc(=O)c3cc(F)ccc3[nH]2)C[C@H]1O. The molecule has 0 bridgehead atoms. The van der Waals surface area contributed by atoms with Gasteiger partial charge in [0.2, 0.25) is 10.0 Å². The van der Waals surface area contributed by atoms with Gasteiger partial charge in [0.1, 0.15) is 5.82 Å². The van der Waals surface area contributed by atoms with E-state index in [0.29, 0.717) is 30.8 Å². The molecule has 9 heteroatoms. The van der Waals surface area contributed by atoms with Crippen molar-refractivity contribution >= 4 is 20.9 Å². The topological polar surface area (TPSA) is 93.7 Å². The monoisotopic (exact) mass is 383 g/mol. The highest BCUT2D eigenvalue weighted by Crippen LogP contribution is 2.21. The van der Waals surface area contributed by atoms with Crippen molar-refractivity contribution in [3.63, 3.8) is 0 Å². The van der Waals surface area contributed by atoms with Crippen LogP contribution < -0.4 is 5.43 Å². The van der Waals surface area contributed by atoms with Gasteiger partial charge in [-0.2, -0.15) is 0 Å². The van der Waals surface area contributed by atoms with Gasteiger partial charge in [0.05, 0.1) is 11.9 Å². The average Bonchev–Trinajstić information content (AvgIpc) is 2.87. The van der Waals surface area contributed by atoms with E-state index in [4.69, 9.17) is 0 Å². The van der Waals surface area contributed by atoms with E-state index in [0.717, 1.165) is 4.31 Å². The molecule has 26 heavy (non-hydrogen) atoms. The molecule has 0 unspecified atom stereocenters. The highest BCUT2D eigenvalue weighted by molar-refractivity contribution is 7.89. The first-order valence-corrected chi connectivity index (χ1v) is 9.89. The van der Waals surface area contributed by atoms with E-state index in [1.165, 1.54) is 38.4 Å². The molecule has 2 aromatic rings. The van der Waals surface area contributed by atoms with Crippen molar-refractivity contribution in [1.82, 2.24) is 14.2 Å². The summed E-state index contributed by atoms with van der Waals surface area (Å²) in [6.07, 6.45) is -0.744. The lowest BCUT2D eigenvalue weighted by Crippen LogP contribution is -2.33. The van der Waals surface area contributed by atoms with Crippen molar-refractivity contribution in [2.75, 3.05) is 32.9 Å². The second kappa shape index (κ2) is 7.07. The fourth-order valence-corrected chi connectivity index (χ4v) is 4.42. The Labute approximate surface area is 151 Å². The molecule has 0 spiro atoms. The number of benzene rings is 1. The lowest BCUT2D eigenvalue weighted by molar-refractivity contribution is 0.148. The Morgan fingerprint density at radius 2 is 2.04 bits per heavy atom. The number of hydrogen-bond donors (Lipinski definition) is 2. The lowest BCUT2D eigenvalue weighted by Gasteiger charge is -2.18. The van der Waals surface area contributed by atoms with Crippen LogP contribution in [0.5, 0.6) is 0 Å². The molecule has 1 aromatic carbocycles. The Kier molecular flexibility index (Phi) is 5.16. The van der Waals surface area contributed by atoms with Gasteiger partial charge in [0.25, 0.3) is 0 Å². The molecule has 0 saturated carbocycles. The molecule has 1 aliphatic rings. The van der Waals surface area contributed by atoms with Crippen LogP contribution in [0.4, 0.5) is 4.39 Å². The zero-order valence-corrected chi connectivity index (χ0v) is 15.5. The summed E-state index contributed by atoms with van der Waals surface area (Å²) in [5.41, 5.74) is 0.900. The first-order chi connectivity index (χ1) is 12.2. The largest absolute Gasteiger partial charge is 0.391 e. The zero-order valence-electron chi connectivity index (χ0n) is 14.6. The van der Waals surface area contributed by atoms with Crippen molar-refractivity contribution in [2.45, 2.75) is 12.6 Å². The van der Waals surface area contributed by atoms with Gasteiger partial charge in [-0.1, -0.05) is 0 Å². The van der Waals surface area contributed by atoms with Gasteiger partial charge in [-0.25, -0.2) is 17.1 Å². The van der Waals surface area contributed by atoms with E-state index >= 15 is 0 Å². The van der Waals surface area contributed by atoms with Crippen molar-refractivity contribution in [2.24, 2.45) is 5.92 Å². The van der Waals surface area contributed by atoms with E-state index in [-0.39, 0.29) is 22.5 Å². The van der Waals surface area contributed by atoms with Gasteiger partial charge in [-0.3, -0.25) is 9.69 Å². The normalized spacial score (nSPS) is 21.7. The quantitative estimate of drug-likeness (QED) is 0.777. The summed E-state index contributed by atoms with van der Waals surface area (Å²) in [4.78, 5) is 17.2. The zero-order chi connectivity index (χ0) is 19.1. The Balaban J connectivity index is 1.75.